The van der Waals surface area contributed by atoms with Crippen molar-refractivity contribution in [3.05, 3.63) is 120 Å². The van der Waals surface area contributed by atoms with E-state index in [-0.39, 0.29) is 23.1 Å². The summed E-state index contributed by atoms with van der Waals surface area (Å²) in [5.74, 6) is -0.0711. The van der Waals surface area contributed by atoms with Crippen LogP contribution in [0, 0.1) is 6.92 Å². The largest absolute Gasteiger partial charge is 0.492 e. The number of anilines is 1. The number of hydrogen-bond donors (Lipinski definition) is 2. The summed E-state index contributed by atoms with van der Waals surface area (Å²) in [5.41, 5.74) is 5.18. The molecule has 0 aliphatic heterocycles. The van der Waals surface area contributed by atoms with Crippen LogP contribution in [0.4, 0.5) is 5.69 Å². The average molecular weight is 615 g/mol. The molecule has 2 amide bonds. The first-order valence-electron chi connectivity index (χ1n) is 13.9. The number of carbonyl (C=O) groups excluding carboxylic acids is 2. The van der Waals surface area contributed by atoms with Gasteiger partial charge in [-0.05, 0) is 73.5 Å². The normalized spacial score (nSPS) is 11.1. The van der Waals surface area contributed by atoms with E-state index in [9.17, 15) is 18.0 Å². The van der Waals surface area contributed by atoms with Crippen molar-refractivity contribution in [2.24, 2.45) is 5.10 Å². The standard InChI is InChI=1S/C33H34N4O6S/c1-3-42-31-12-8-7-11-30(31)37(44(40,41)29-19-13-25(2)14-20-29)23-32(38)36-35-22-27-15-17-28(18-16-27)43-24-33(39)34-21-26-9-5-4-6-10-26/h4-20,22H,3,21,23-24H2,1-2H3,(H,34,39)(H,36,38)/b35-22-. The maximum absolute atomic E-state index is 13.7. The van der Waals surface area contributed by atoms with Crippen LogP contribution in [0.15, 0.2) is 113 Å². The highest BCUT2D eigenvalue weighted by atomic mass is 32.2. The minimum absolute atomic E-state index is 0.0432. The van der Waals surface area contributed by atoms with E-state index in [2.05, 4.69) is 15.8 Å². The first-order chi connectivity index (χ1) is 21.3. The van der Waals surface area contributed by atoms with E-state index < -0.39 is 22.5 Å². The maximum Gasteiger partial charge on any atom is 0.264 e. The van der Waals surface area contributed by atoms with E-state index in [4.69, 9.17) is 9.47 Å². The Morgan fingerprint density at radius 2 is 1.52 bits per heavy atom. The van der Waals surface area contributed by atoms with Crippen LogP contribution in [0.1, 0.15) is 23.6 Å². The number of para-hydroxylation sites is 2. The second kappa shape index (κ2) is 15.4. The number of benzene rings is 4. The summed E-state index contributed by atoms with van der Waals surface area (Å²) in [6.45, 7) is 3.72. The molecule has 0 spiro atoms. The number of nitrogens with one attached hydrogen (secondary N) is 2. The van der Waals surface area contributed by atoms with Crippen molar-refractivity contribution in [3.63, 3.8) is 0 Å². The van der Waals surface area contributed by atoms with Crippen molar-refractivity contribution in [2.75, 3.05) is 24.1 Å². The molecule has 10 nitrogen and oxygen atoms in total. The van der Waals surface area contributed by atoms with Crippen molar-refractivity contribution >= 4 is 33.7 Å². The van der Waals surface area contributed by atoms with E-state index in [1.807, 2.05) is 37.3 Å². The molecular formula is C33H34N4O6S. The summed E-state index contributed by atoms with van der Waals surface area (Å²) < 4.78 is 39.6. The Morgan fingerprint density at radius 3 is 2.23 bits per heavy atom. The third kappa shape index (κ3) is 8.92. The van der Waals surface area contributed by atoms with Gasteiger partial charge in [0.25, 0.3) is 21.8 Å². The molecule has 0 unspecified atom stereocenters. The Hall–Kier alpha value is -5.16. The highest BCUT2D eigenvalue weighted by molar-refractivity contribution is 7.92. The second-order valence-corrected chi connectivity index (χ2v) is 11.5. The molecule has 2 N–H and O–H groups in total. The van der Waals surface area contributed by atoms with Crippen molar-refractivity contribution in [3.8, 4) is 11.5 Å². The average Bonchev–Trinajstić information content (AvgIpc) is 3.03. The van der Waals surface area contributed by atoms with Crippen LogP contribution in [-0.2, 0) is 26.2 Å². The van der Waals surface area contributed by atoms with Gasteiger partial charge in [0.1, 0.15) is 18.0 Å². The van der Waals surface area contributed by atoms with Crippen LogP contribution >= 0.6 is 0 Å². The van der Waals surface area contributed by atoms with Crippen LogP contribution in [-0.4, -0.2) is 46.2 Å². The summed E-state index contributed by atoms with van der Waals surface area (Å²) >= 11 is 0. The number of rotatable bonds is 14. The van der Waals surface area contributed by atoms with Crippen LogP contribution in [0.2, 0.25) is 0 Å². The van der Waals surface area contributed by atoms with Gasteiger partial charge in [-0.25, -0.2) is 13.8 Å². The molecule has 11 heteroatoms. The maximum atomic E-state index is 13.7. The molecule has 44 heavy (non-hydrogen) atoms. The molecule has 0 aromatic heterocycles. The van der Waals surface area contributed by atoms with Crippen molar-refractivity contribution in [1.29, 1.82) is 0 Å². The van der Waals surface area contributed by atoms with Crippen LogP contribution in [0.5, 0.6) is 11.5 Å². The summed E-state index contributed by atoms with van der Waals surface area (Å²) in [6, 6.07) is 29.4. The van der Waals surface area contributed by atoms with E-state index in [1.54, 1.807) is 67.6 Å². The van der Waals surface area contributed by atoms with Crippen molar-refractivity contribution < 1.29 is 27.5 Å². The molecular weight excluding hydrogens is 580 g/mol. The van der Waals surface area contributed by atoms with Gasteiger partial charge in [0.2, 0.25) is 0 Å². The number of aryl methyl sites for hydroxylation is 1. The lowest BCUT2D eigenvalue weighted by Gasteiger charge is -2.25. The fourth-order valence-electron chi connectivity index (χ4n) is 4.07. The zero-order valence-corrected chi connectivity index (χ0v) is 25.3. The molecule has 4 rings (SSSR count). The lowest BCUT2D eigenvalue weighted by atomic mass is 10.2. The Kier molecular flexibility index (Phi) is 11.1. The fraction of sp³-hybridized carbons (Fsp3) is 0.182. The Balaban J connectivity index is 1.36. The second-order valence-electron chi connectivity index (χ2n) is 9.64. The number of hydrazone groups is 1. The van der Waals surface area contributed by atoms with Crippen LogP contribution in [0.25, 0.3) is 0 Å². The minimum Gasteiger partial charge on any atom is -0.492 e. The van der Waals surface area contributed by atoms with Crippen LogP contribution in [0.3, 0.4) is 0 Å². The molecule has 0 aliphatic rings. The summed E-state index contributed by atoms with van der Waals surface area (Å²) in [7, 11) is -4.12. The van der Waals surface area contributed by atoms with Crippen molar-refractivity contribution in [1.82, 2.24) is 10.7 Å². The summed E-state index contributed by atoms with van der Waals surface area (Å²) in [4.78, 5) is 25.1. The molecule has 0 saturated carbocycles. The quantitative estimate of drug-likeness (QED) is 0.160. The third-order valence-electron chi connectivity index (χ3n) is 6.32. The number of hydrogen-bond acceptors (Lipinski definition) is 7. The lowest BCUT2D eigenvalue weighted by molar-refractivity contribution is -0.123. The highest BCUT2D eigenvalue weighted by Crippen LogP contribution is 2.32. The Bertz CT molecular complexity index is 1680. The van der Waals surface area contributed by atoms with Gasteiger partial charge >= 0.3 is 0 Å². The molecule has 0 bridgehead atoms. The predicted molar refractivity (Wildman–Crippen MR) is 169 cm³/mol. The van der Waals surface area contributed by atoms with Gasteiger partial charge in [-0.1, -0.05) is 60.2 Å². The third-order valence-corrected chi connectivity index (χ3v) is 8.09. The first kappa shape index (κ1) is 31.8. The van der Waals surface area contributed by atoms with Gasteiger partial charge in [-0.2, -0.15) is 5.10 Å². The zero-order chi connectivity index (χ0) is 31.4. The summed E-state index contributed by atoms with van der Waals surface area (Å²) in [5, 5.41) is 6.79. The van der Waals surface area contributed by atoms with Crippen molar-refractivity contribution in [2.45, 2.75) is 25.3 Å². The van der Waals surface area contributed by atoms with Gasteiger partial charge in [0, 0.05) is 6.54 Å². The zero-order valence-electron chi connectivity index (χ0n) is 24.5. The molecule has 0 saturated heterocycles. The molecule has 0 aliphatic carbocycles. The number of amides is 2. The van der Waals surface area contributed by atoms with Crippen LogP contribution < -0.4 is 24.5 Å². The Labute approximate surface area is 257 Å². The molecule has 228 valence electrons. The molecule has 0 heterocycles. The minimum atomic E-state index is -4.12. The number of ether oxygens (including phenoxy) is 2. The van der Waals surface area contributed by atoms with E-state index in [0.29, 0.717) is 30.2 Å². The fourth-order valence-corrected chi connectivity index (χ4v) is 5.50. The lowest BCUT2D eigenvalue weighted by Crippen LogP contribution is -2.39. The van der Waals surface area contributed by atoms with Gasteiger partial charge in [-0.15, -0.1) is 0 Å². The summed E-state index contributed by atoms with van der Waals surface area (Å²) in [6.07, 6.45) is 1.42. The molecule has 4 aromatic rings. The van der Waals surface area contributed by atoms with Gasteiger partial charge in [0.05, 0.1) is 23.4 Å². The first-order valence-corrected chi connectivity index (χ1v) is 15.4. The smallest absolute Gasteiger partial charge is 0.264 e. The predicted octanol–water partition coefficient (Wildman–Crippen LogP) is 4.43. The van der Waals surface area contributed by atoms with Gasteiger partial charge in [-0.3, -0.25) is 13.9 Å². The Morgan fingerprint density at radius 1 is 0.841 bits per heavy atom. The molecule has 4 aromatic carbocycles. The van der Waals surface area contributed by atoms with E-state index in [1.165, 1.54) is 18.3 Å². The monoisotopic (exact) mass is 614 g/mol. The number of sulfonamides is 1. The number of carbonyl (C=O) groups is 2. The van der Waals surface area contributed by atoms with Gasteiger partial charge in [0.15, 0.2) is 6.61 Å². The van der Waals surface area contributed by atoms with E-state index in [0.717, 1.165) is 15.4 Å². The van der Waals surface area contributed by atoms with E-state index >= 15 is 0 Å². The molecule has 0 fully saturated rings. The topological polar surface area (TPSA) is 126 Å². The highest BCUT2D eigenvalue weighted by Gasteiger charge is 2.29. The van der Waals surface area contributed by atoms with Gasteiger partial charge < -0.3 is 14.8 Å². The SMILES string of the molecule is CCOc1ccccc1N(CC(=O)N/N=C\c1ccc(OCC(=O)NCc2ccccc2)cc1)S(=O)(=O)c1ccc(C)cc1. The number of nitrogens with zero attached hydrogens (tertiary/aromatic N) is 2. The molecule has 0 atom stereocenters. The molecule has 0 radical (unpaired) electrons.